The van der Waals surface area contributed by atoms with Gasteiger partial charge < -0.3 is 15.1 Å². The van der Waals surface area contributed by atoms with Crippen molar-refractivity contribution in [3.8, 4) is 0 Å². The average Bonchev–Trinajstić information content (AvgIpc) is 2.79. The third kappa shape index (κ3) is 5.43. The van der Waals surface area contributed by atoms with Gasteiger partial charge in [0.1, 0.15) is 18.0 Å². The van der Waals surface area contributed by atoms with Crippen molar-refractivity contribution in [1.82, 2.24) is 25.1 Å². The van der Waals surface area contributed by atoms with E-state index in [4.69, 9.17) is 0 Å². The second kappa shape index (κ2) is 11.2. The standard InChI is InChI=1S/C23H34FN5O3S/c1-5-18(6-2)27-14-20-28(19(22(27)31)11-12-33-4)21(30)15-26(3)29(20)23(32)25-13-16-7-9-17(24)10-8-16/h7-10,18-20H,5-6,11-15H2,1-4H3,(H,25,32)/t19-,20-/m0/s1. The number of hydrazine groups is 1. The molecule has 0 unspecified atom stereocenters. The minimum atomic E-state index is -0.578. The number of urea groups is 1. The maximum atomic E-state index is 13.4. The van der Waals surface area contributed by atoms with Crippen LogP contribution >= 0.6 is 11.8 Å². The van der Waals surface area contributed by atoms with Gasteiger partial charge >= 0.3 is 6.03 Å². The van der Waals surface area contributed by atoms with Crippen LogP contribution in [0.3, 0.4) is 0 Å². The second-order valence-electron chi connectivity index (χ2n) is 8.49. The fraction of sp³-hybridized carbons (Fsp3) is 0.609. The Hall–Kier alpha value is -2.33. The number of hydrogen-bond acceptors (Lipinski definition) is 5. The summed E-state index contributed by atoms with van der Waals surface area (Å²) in [5, 5.41) is 6.06. The van der Waals surface area contributed by atoms with Crippen molar-refractivity contribution in [2.45, 2.75) is 57.9 Å². The number of likely N-dealkylation sites (N-methyl/N-ethyl adjacent to an activating group) is 1. The predicted molar refractivity (Wildman–Crippen MR) is 127 cm³/mol. The number of benzene rings is 1. The van der Waals surface area contributed by atoms with E-state index < -0.39 is 12.2 Å². The van der Waals surface area contributed by atoms with E-state index in [0.717, 1.165) is 24.2 Å². The summed E-state index contributed by atoms with van der Waals surface area (Å²) in [6, 6.07) is 5.08. The maximum Gasteiger partial charge on any atom is 0.334 e. The number of carbonyl (C=O) groups excluding carboxylic acids is 3. The normalized spacial score (nSPS) is 21.6. The Kier molecular flexibility index (Phi) is 8.58. The van der Waals surface area contributed by atoms with Crippen molar-refractivity contribution in [3.05, 3.63) is 35.6 Å². The van der Waals surface area contributed by atoms with E-state index in [-0.39, 0.29) is 49.3 Å². The SMILES string of the molecule is CCC(CC)N1C[C@H]2N(C(=O)CN(C)N2C(=O)NCc2ccc(F)cc2)[C@@H](CCSC)C1=O. The van der Waals surface area contributed by atoms with Crippen molar-refractivity contribution < 1.29 is 18.8 Å². The fourth-order valence-corrected chi connectivity index (χ4v) is 5.15. The highest BCUT2D eigenvalue weighted by Crippen LogP contribution is 2.30. The van der Waals surface area contributed by atoms with Gasteiger partial charge in [-0.05, 0) is 49.0 Å². The summed E-state index contributed by atoms with van der Waals surface area (Å²) in [5.74, 6) is 0.239. The number of hydrogen-bond donors (Lipinski definition) is 1. The van der Waals surface area contributed by atoms with Gasteiger partial charge in [-0.2, -0.15) is 11.8 Å². The van der Waals surface area contributed by atoms with Gasteiger partial charge in [-0.15, -0.1) is 0 Å². The van der Waals surface area contributed by atoms with E-state index in [9.17, 15) is 18.8 Å². The van der Waals surface area contributed by atoms with Crippen LogP contribution in [0.4, 0.5) is 9.18 Å². The van der Waals surface area contributed by atoms with Gasteiger partial charge in [-0.25, -0.2) is 19.2 Å². The summed E-state index contributed by atoms with van der Waals surface area (Å²) in [6.45, 7) is 4.64. The number of nitrogens with one attached hydrogen (secondary N) is 1. The molecule has 0 aliphatic carbocycles. The monoisotopic (exact) mass is 479 g/mol. The molecule has 2 aliphatic heterocycles. The maximum absolute atomic E-state index is 13.4. The molecule has 0 radical (unpaired) electrons. The van der Waals surface area contributed by atoms with Crippen molar-refractivity contribution in [2.75, 3.05) is 32.1 Å². The van der Waals surface area contributed by atoms with E-state index in [1.165, 1.54) is 12.1 Å². The Balaban J connectivity index is 1.87. The van der Waals surface area contributed by atoms with Crippen LogP contribution in [0.2, 0.25) is 0 Å². The lowest BCUT2D eigenvalue weighted by molar-refractivity contribution is -0.189. The zero-order valence-corrected chi connectivity index (χ0v) is 20.6. The molecular formula is C23H34FN5O3S. The Labute approximate surface area is 199 Å². The number of amides is 4. The van der Waals surface area contributed by atoms with Crippen LogP contribution in [0.5, 0.6) is 0 Å². The minimum Gasteiger partial charge on any atom is -0.334 e. The highest BCUT2D eigenvalue weighted by Gasteiger charge is 2.51. The molecule has 2 atom stereocenters. The van der Waals surface area contributed by atoms with Gasteiger partial charge in [-0.3, -0.25) is 9.59 Å². The molecule has 33 heavy (non-hydrogen) atoms. The molecule has 8 nitrogen and oxygen atoms in total. The smallest absolute Gasteiger partial charge is 0.334 e. The first-order valence-electron chi connectivity index (χ1n) is 11.4. The molecule has 4 amide bonds. The van der Waals surface area contributed by atoms with Crippen LogP contribution in [0.25, 0.3) is 0 Å². The average molecular weight is 480 g/mol. The first kappa shape index (κ1) is 25.3. The van der Waals surface area contributed by atoms with E-state index in [0.29, 0.717) is 6.42 Å². The van der Waals surface area contributed by atoms with Crippen LogP contribution in [-0.4, -0.2) is 88.1 Å². The highest BCUT2D eigenvalue weighted by molar-refractivity contribution is 7.98. The summed E-state index contributed by atoms with van der Waals surface area (Å²) in [7, 11) is 1.71. The van der Waals surface area contributed by atoms with Crippen LogP contribution in [0.1, 0.15) is 38.7 Å². The number of thioether (sulfide) groups is 1. The molecule has 2 aliphatic rings. The van der Waals surface area contributed by atoms with Crippen molar-refractivity contribution in [2.24, 2.45) is 0 Å². The third-order valence-corrected chi connectivity index (χ3v) is 7.07. The molecule has 182 valence electrons. The Morgan fingerprint density at radius 3 is 2.48 bits per heavy atom. The fourth-order valence-electron chi connectivity index (χ4n) is 4.69. The van der Waals surface area contributed by atoms with Crippen LogP contribution in [0, 0.1) is 5.82 Å². The largest absolute Gasteiger partial charge is 0.334 e. The number of fused-ring (bicyclic) bond motifs is 1. The van der Waals surface area contributed by atoms with Crippen molar-refractivity contribution >= 4 is 29.6 Å². The Morgan fingerprint density at radius 2 is 1.88 bits per heavy atom. The molecule has 1 aromatic rings. The number of halogens is 1. The number of nitrogens with zero attached hydrogens (tertiary/aromatic N) is 4. The lowest BCUT2D eigenvalue weighted by Crippen LogP contribution is -2.76. The first-order valence-corrected chi connectivity index (χ1v) is 12.8. The first-order chi connectivity index (χ1) is 15.8. The summed E-state index contributed by atoms with van der Waals surface area (Å²) in [6.07, 6.45) is 3.57. The van der Waals surface area contributed by atoms with E-state index in [1.54, 1.807) is 45.9 Å². The number of piperazine rings is 1. The molecule has 2 fully saturated rings. The third-order valence-electron chi connectivity index (χ3n) is 6.43. The summed E-state index contributed by atoms with van der Waals surface area (Å²) < 4.78 is 13.2. The van der Waals surface area contributed by atoms with Gasteiger partial charge in [0.15, 0.2) is 0 Å². The molecule has 3 rings (SSSR count). The summed E-state index contributed by atoms with van der Waals surface area (Å²) >= 11 is 1.63. The minimum absolute atomic E-state index is 0.0223. The lowest BCUT2D eigenvalue weighted by atomic mass is 10.0. The van der Waals surface area contributed by atoms with Gasteiger partial charge in [0.05, 0.1) is 13.1 Å². The molecule has 2 heterocycles. The molecule has 0 saturated carbocycles. The predicted octanol–water partition coefficient (Wildman–Crippen LogP) is 2.50. The molecule has 2 saturated heterocycles. The molecule has 0 spiro atoms. The van der Waals surface area contributed by atoms with Gasteiger partial charge in [-0.1, -0.05) is 26.0 Å². The lowest BCUT2D eigenvalue weighted by Gasteiger charge is -2.55. The molecule has 0 aromatic heterocycles. The quantitative estimate of drug-likeness (QED) is 0.620. The van der Waals surface area contributed by atoms with Crippen LogP contribution in [-0.2, 0) is 16.1 Å². The second-order valence-corrected chi connectivity index (χ2v) is 9.47. The zero-order chi connectivity index (χ0) is 24.1. The molecule has 10 heteroatoms. The van der Waals surface area contributed by atoms with Gasteiger partial charge in [0, 0.05) is 19.6 Å². The van der Waals surface area contributed by atoms with Crippen LogP contribution in [0.15, 0.2) is 24.3 Å². The Bertz CT molecular complexity index is 851. The van der Waals surface area contributed by atoms with Gasteiger partial charge in [0.2, 0.25) is 11.8 Å². The summed E-state index contributed by atoms with van der Waals surface area (Å²) in [5.41, 5.74) is 0.771. The highest BCUT2D eigenvalue weighted by atomic mass is 32.2. The van der Waals surface area contributed by atoms with Crippen molar-refractivity contribution in [1.29, 1.82) is 0 Å². The van der Waals surface area contributed by atoms with Crippen molar-refractivity contribution in [3.63, 3.8) is 0 Å². The molecule has 1 aromatic carbocycles. The molecule has 1 N–H and O–H groups in total. The summed E-state index contributed by atoms with van der Waals surface area (Å²) in [4.78, 5) is 43.3. The number of carbonyl (C=O) groups is 3. The van der Waals surface area contributed by atoms with E-state index in [1.807, 2.05) is 11.2 Å². The number of rotatable bonds is 8. The molecular weight excluding hydrogens is 445 g/mol. The van der Waals surface area contributed by atoms with Crippen LogP contribution < -0.4 is 5.32 Å². The van der Waals surface area contributed by atoms with E-state index >= 15 is 0 Å². The van der Waals surface area contributed by atoms with Gasteiger partial charge in [0.25, 0.3) is 0 Å². The molecule has 0 bridgehead atoms. The Morgan fingerprint density at radius 1 is 1.21 bits per heavy atom. The zero-order valence-electron chi connectivity index (χ0n) is 19.8. The van der Waals surface area contributed by atoms with E-state index in [2.05, 4.69) is 19.2 Å². The topological polar surface area (TPSA) is 76.2 Å².